The smallest absolute Gasteiger partial charge is 0.252 e. The summed E-state index contributed by atoms with van der Waals surface area (Å²) in [5.41, 5.74) is 1.36. The fraction of sp³-hybridized carbons (Fsp3) is 0.632. The monoisotopic (exact) mass is 344 g/mol. The van der Waals surface area contributed by atoms with Gasteiger partial charge in [0.25, 0.3) is 5.91 Å². The molecule has 1 amide bonds. The number of ether oxygens (including phenoxy) is 1. The zero-order valence-corrected chi connectivity index (χ0v) is 15.4. The number of hydrogen-bond acceptors (Lipinski definition) is 4. The molecular formula is C19H28N4O2. The Hall–Kier alpha value is -1.95. The number of pyridine rings is 1. The van der Waals surface area contributed by atoms with E-state index in [0.717, 1.165) is 17.5 Å². The first-order chi connectivity index (χ1) is 12.1. The third-order valence-corrected chi connectivity index (χ3v) is 4.94. The lowest BCUT2D eigenvalue weighted by molar-refractivity contribution is -0.00293. The first-order valence-corrected chi connectivity index (χ1v) is 9.29. The van der Waals surface area contributed by atoms with Gasteiger partial charge in [-0.1, -0.05) is 19.8 Å². The third-order valence-electron chi connectivity index (χ3n) is 4.94. The Morgan fingerprint density at radius 2 is 2.16 bits per heavy atom. The second-order valence-corrected chi connectivity index (χ2v) is 7.25. The molecule has 1 N–H and O–H groups in total. The van der Waals surface area contributed by atoms with Crippen LogP contribution in [-0.2, 0) is 4.74 Å². The molecule has 0 radical (unpaired) electrons. The molecule has 6 heteroatoms. The van der Waals surface area contributed by atoms with E-state index in [9.17, 15) is 4.79 Å². The van der Waals surface area contributed by atoms with Crippen LogP contribution in [0, 0.1) is 5.92 Å². The van der Waals surface area contributed by atoms with Crippen molar-refractivity contribution >= 4 is 16.9 Å². The van der Waals surface area contributed by atoms with Gasteiger partial charge in [0.2, 0.25) is 0 Å². The molecule has 0 aliphatic heterocycles. The highest BCUT2D eigenvalue weighted by molar-refractivity contribution is 5.96. The lowest BCUT2D eigenvalue weighted by atomic mass is 9.88. The Bertz CT molecular complexity index is 725. The van der Waals surface area contributed by atoms with Crippen molar-refractivity contribution in [3.63, 3.8) is 0 Å². The van der Waals surface area contributed by atoms with Crippen molar-refractivity contribution in [1.82, 2.24) is 20.1 Å². The molecule has 1 aliphatic carbocycles. The molecule has 136 valence electrons. The molecule has 1 aliphatic rings. The van der Waals surface area contributed by atoms with Crippen molar-refractivity contribution in [2.24, 2.45) is 5.92 Å². The van der Waals surface area contributed by atoms with Crippen LogP contribution in [0.2, 0.25) is 0 Å². The van der Waals surface area contributed by atoms with E-state index >= 15 is 0 Å². The van der Waals surface area contributed by atoms with E-state index in [2.05, 4.69) is 36.2 Å². The zero-order chi connectivity index (χ0) is 17.8. The summed E-state index contributed by atoms with van der Waals surface area (Å²) in [6.07, 6.45) is 8.64. The molecule has 1 fully saturated rings. The van der Waals surface area contributed by atoms with Crippen LogP contribution in [0.25, 0.3) is 11.0 Å². The number of hydrogen-bond donors (Lipinski definition) is 1. The van der Waals surface area contributed by atoms with Gasteiger partial charge in [-0.25, -0.2) is 9.67 Å². The van der Waals surface area contributed by atoms with Gasteiger partial charge in [0.15, 0.2) is 5.65 Å². The van der Waals surface area contributed by atoms with Crippen molar-refractivity contribution < 1.29 is 9.53 Å². The van der Waals surface area contributed by atoms with Gasteiger partial charge < -0.3 is 10.1 Å². The van der Waals surface area contributed by atoms with Gasteiger partial charge in [0, 0.05) is 24.2 Å². The largest absolute Gasteiger partial charge is 0.376 e. The Balaban J connectivity index is 1.52. The van der Waals surface area contributed by atoms with E-state index < -0.39 is 0 Å². The quantitative estimate of drug-likeness (QED) is 0.816. The molecule has 0 unspecified atom stereocenters. The summed E-state index contributed by atoms with van der Waals surface area (Å²) in [5.74, 6) is 0.501. The van der Waals surface area contributed by atoms with E-state index in [-0.39, 0.29) is 11.9 Å². The molecule has 0 aromatic carbocycles. The zero-order valence-electron chi connectivity index (χ0n) is 15.4. The fourth-order valence-corrected chi connectivity index (χ4v) is 3.45. The summed E-state index contributed by atoms with van der Waals surface area (Å²) in [4.78, 5) is 16.7. The van der Waals surface area contributed by atoms with Gasteiger partial charge in [-0.3, -0.25) is 4.79 Å². The van der Waals surface area contributed by atoms with Gasteiger partial charge in [0.1, 0.15) is 0 Å². The number of fused-ring (bicyclic) bond motifs is 1. The highest BCUT2D eigenvalue weighted by Gasteiger charge is 2.21. The molecule has 2 atom stereocenters. The van der Waals surface area contributed by atoms with E-state index in [0.29, 0.717) is 30.7 Å². The standard InChI is InChI=1S/C19H28N4O2/c1-13(2)23-18-15(12-22-23)10-16(11-21-18)19(24)20-8-9-25-17-7-5-4-6-14(17)3/h10-14,17H,4-9H2,1-3H3,(H,20,24)/t14-,17+/m0/s1. The molecule has 1 saturated carbocycles. The summed E-state index contributed by atoms with van der Waals surface area (Å²) in [6.45, 7) is 7.44. The molecule has 2 aromatic heterocycles. The van der Waals surface area contributed by atoms with Gasteiger partial charge in [-0.15, -0.1) is 0 Å². The minimum absolute atomic E-state index is 0.119. The summed E-state index contributed by atoms with van der Waals surface area (Å²) >= 11 is 0. The molecule has 0 bridgehead atoms. The summed E-state index contributed by atoms with van der Waals surface area (Å²) in [6, 6.07) is 2.08. The Morgan fingerprint density at radius 3 is 2.92 bits per heavy atom. The van der Waals surface area contributed by atoms with Gasteiger partial charge >= 0.3 is 0 Å². The second kappa shape index (κ2) is 7.95. The van der Waals surface area contributed by atoms with E-state index in [1.165, 1.54) is 19.3 Å². The number of nitrogens with one attached hydrogen (secondary N) is 1. The first-order valence-electron chi connectivity index (χ1n) is 9.29. The van der Waals surface area contributed by atoms with Crippen LogP contribution in [0.3, 0.4) is 0 Å². The van der Waals surface area contributed by atoms with E-state index in [1.54, 1.807) is 12.4 Å². The van der Waals surface area contributed by atoms with Crippen LogP contribution in [0.5, 0.6) is 0 Å². The molecule has 0 spiro atoms. The number of nitrogens with zero attached hydrogens (tertiary/aromatic N) is 3. The summed E-state index contributed by atoms with van der Waals surface area (Å²) in [7, 11) is 0. The van der Waals surface area contributed by atoms with Crippen LogP contribution >= 0.6 is 0 Å². The summed E-state index contributed by atoms with van der Waals surface area (Å²) in [5, 5.41) is 8.13. The molecule has 2 heterocycles. The van der Waals surface area contributed by atoms with Gasteiger partial charge in [-0.2, -0.15) is 5.10 Å². The van der Waals surface area contributed by atoms with Crippen LogP contribution in [0.4, 0.5) is 0 Å². The maximum Gasteiger partial charge on any atom is 0.252 e. The number of carbonyl (C=O) groups excluding carboxylic acids is 1. The molecule has 3 rings (SSSR count). The van der Waals surface area contributed by atoms with Crippen molar-refractivity contribution in [3.05, 3.63) is 24.0 Å². The topological polar surface area (TPSA) is 69.0 Å². The second-order valence-electron chi connectivity index (χ2n) is 7.25. The fourth-order valence-electron chi connectivity index (χ4n) is 3.45. The lowest BCUT2D eigenvalue weighted by Crippen LogP contribution is -2.31. The van der Waals surface area contributed by atoms with Gasteiger partial charge in [-0.05, 0) is 38.7 Å². The van der Waals surface area contributed by atoms with Gasteiger partial charge in [0.05, 0.1) is 24.5 Å². The SMILES string of the molecule is CC(C)n1ncc2cc(C(=O)NCCO[C@@H]3CCCC[C@@H]3C)cnc21. The predicted octanol–water partition coefficient (Wildman–Crippen LogP) is 3.34. The van der Waals surface area contributed by atoms with Crippen LogP contribution in [0.1, 0.15) is 62.9 Å². The van der Waals surface area contributed by atoms with Crippen LogP contribution < -0.4 is 5.32 Å². The number of amides is 1. The molecule has 2 aromatic rings. The minimum Gasteiger partial charge on any atom is -0.376 e. The maximum atomic E-state index is 12.3. The van der Waals surface area contributed by atoms with Crippen molar-refractivity contribution in [2.75, 3.05) is 13.2 Å². The average Bonchev–Trinajstić information content (AvgIpc) is 3.03. The lowest BCUT2D eigenvalue weighted by Gasteiger charge is -2.28. The van der Waals surface area contributed by atoms with E-state index in [1.807, 2.05) is 10.7 Å². The number of rotatable bonds is 6. The highest BCUT2D eigenvalue weighted by atomic mass is 16.5. The van der Waals surface area contributed by atoms with Crippen LogP contribution in [0.15, 0.2) is 18.5 Å². The predicted molar refractivity (Wildman–Crippen MR) is 97.6 cm³/mol. The van der Waals surface area contributed by atoms with Crippen LogP contribution in [-0.4, -0.2) is 39.9 Å². The number of carbonyl (C=O) groups is 1. The third kappa shape index (κ3) is 4.18. The summed E-state index contributed by atoms with van der Waals surface area (Å²) < 4.78 is 7.80. The van der Waals surface area contributed by atoms with E-state index in [4.69, 9.17) is 4.74 Å². The molecule has 0 saturated heterocycles. The Kier molecular flexibility index (Phi) is 5.68. The molecular weight excluding hydrogens is 316 g/mol. The Morgan fingerprint density at radius 1 is 1.36 bits per heavy atom. The maximum absolute atomic E-state index is 12.3. The molecule has 6 nitrogen and oxygen atoms in total. The highest BCUT2D eigenvalue weighted by Crippen LogP contribution is 2.26. The number of aromatic nitrogens is 3. The normalized spacial score (nSPS) is 21.0. The van der Waals surface area contributed by atoms with Crippen molar-refractivity contribution in [2.45, 2.75) is 58.6 Å². The first kappa shape index (κ1) is 17.9. The molecule has 25 heavy (non-hydrogen) atoms. The minimum atomic E-state index is -0.119. The average molecular weight is 344 g/mol. The van der Waals surface area contributed by atoms with Crippen molar-refractivity contribution in [3.8, 4) is 0 Å². The van der Waals surface area contributed by atoms with Crippen molar-refractivity contribution in [1.29, 1.82) is 0 Å². The Labute approximate surface area is 149 Å².